The quantitative estimate of drug-likeness (QED) is 0.361. The van der Waals surface area contributed by atoms with E-state index in [1.54, 1.807) is 0 Å². The lowest BCUT2D eigenvalue weighted by molar-refractivity contribution is 0.693. The molecule has 2 N–H and O–H groups in total. The Kier molecular flexibility index (Phi) is 8.03. The molecule has 0 spiro atoms. The van der Waals surface area contributed by atoms with Crippen molar-refractivity contribution in [2.75, 3.05) is 10.6 Å². The monoisotopic (exact) mass is 418 g/mol. The highest BCUT2D eigenvalue weighted by Gasteiger charge is 2.10. The molecule has 0 saturated carbocycles. The van der Waals surface area contributed by atoms with Gasteiger partial charge in [0.15, 0.2) is 0 Å². The Bertz CT molecular complexity index is 553. The van der Waals surface area contributed by atoms with Gasteiger partial charge in [-0.3, -0.25) is 0 Å². The number of allylic oxidation sites excluding steroid dienone is 3. The summed E-state index contributed by atoms with van der Waals surface area (Å²) in [5.41, 5.74) is 2.90. The highest BCUT2D eigenvalue weighted by molar-refractivity contribution is 14.2. The minimum Gasteiger partial charge on any atom is -0.382 e. The molecule has 0 aliphatic rings. The van der Waals surface area contributed by atoms with Gasteiger partial charge < -0.3 is 10.6 Å². The molecular formula is C16H23IN2OS. The second-order valence-electron chi connectivity index (χ2n) is 4.91. The highest BCUT2D eigenvalue weighted by Crippen LogP contribution is 2.28. The first-order chi connectivity index (χ1) is 9.97. The fraction of sp³-hybridized carbons (Fsp3) is 0.375. The fourth-order valence-corrected chi connectivity index (χ4v) is 3.40. The Hall–Kier alpha value is -0.820. The van der Waals surface area contributed by atoms with E-state index in [1.807, 2.05) is 52.4 Å². The van der Waals surface area contributed by atoms with Crippen LogP contribution < -0.4 is 10.6 Å². The molecule has 3 nitrogen and oxygen atoms in total. The lowest BCUT2D eigenvalue weighted by atomic mass is 10.2. The van der Waals surface area contributed by atoms with Crippen LogP contribution in [-0.2, 0) is 7.97 Å². The zero-order chi connectivity index (χ0) is 15.8. The minimum atomic E-state index is -1.06. The van der Waals surface area contributed by atoms with Crippen molar-refractivity contribution in [1.29, 1.82) is 0 Å². The van der Waals surface area contributed by atoms with Gasteiger partial charge in [-0.1, -0.05) is 19.1 Å². The summed E-state index contributed by atoms with van der Waals surface area (Å²) in [5, 5.41) is 6.68. The van der Waals surface area contributed by atoms with Crippen molar-refractivity contribution in [2.24, 2.45) is 0 Å². The van der Waals surface area contributed by atoms with E-state index in [2.05, 4.69) is 43.6 Å². The highest BCUT2D eigenvalue weighted by atomic mass is 127. The molecule has 1 unspecified atom stereocenters. The van der Waals surface area contributed by atoms with E-state index in [-0.39, 0.29) is 0 Å². The number of hydrogen-bond donors (Lipinski definition) is 2. The number of rotatable bonds is 7. The topological polar surface area (TPSA) is 41.1 Å². The van der Waals surface area contributed by atoms with Gasteiger partial charge in [0.1, 0.15) is 7.97 Å². The molecule has 0 heterocycles. The summed E-state index contributed by atoms with van der Waals surface area (Å²) < 4.78 is 11.9. The van der Waals surface area contributed by atoms with E-state index in [0.717, 1.165) is 28.4 Å². The van der Waals surface area contributed by atoms with Gasteiger partial charge >= 0.3 is 0 Å². The smallest absolute Gasteiger partial charge is 0.118 e. The third-order valence-electron chi connectivity index (χ3n) is 2.73. The molecule has 5 heteroatoms. The van der Waals surface area contributed by atoms with Crippen LogP contribution in [-0.4, -0.2) is 10.3 Å². The van der Waals surface area contributed by atoms with Gasteiger partial charge in [0.05, 0.1) is 10.6 Å². The van der Waals surface area contributed by atoms with Crippen molar-refractivity contribution in [3.8, 4) is 0 Å². The minimum absolute atomic E-state index is 0.307. The maximum absolute atomic E-state index is 11.9. The Balaban J connectivity index is 3.02. The van der Waals surface area contributed by atoms with E-state index >= 15 is 0 Å². The zero-order valence-corrected chi connectivity index (χ0v) is 15.9. The van der Waals surface area contributed by atoms with Gasteiger partial charge in [-0.15, -0.1) is 0 Å². The van der Waals surface area contributed by atoms with Gasteiger partial charge in [-0.05, 0) is 51.5 Å². The molecule has 1 rings (SSSR count). The Morgan fingerprint density at radius 3 is 2.67 bits per heavy atom. The SMILES string of the molecule is C/C=C(\C=C/CC)Nc1ccc(NC(C)C)c(S(=O)I)c1. The molecule has 0 amide bonds. The van der Waals surface area contributed by atoms with Crippen LogP contribution in [0.4, 0.5) is 11.4 Å². The lowest BCUT2D eigenvalue weighted by Gasteiger charge is -2.15. The molecule has 0 aliphatic heterocycles. The van der Waals surface area contributed by atoms with Crippen LogP contribution in [0.2, 0.25) is 0 Å². The average Bonchev–Trinajstić information content (AvgIpc) is 2.44. The molecule has 0 radical (unpaired) electrons. The Labute approximate surface area is 142 Å². The van der Waals surface area contributed by atoms with E-state index in [9.17, 15) is 4.21 Å². The lowest BCUT2D eigenvalue weighted by Crippen LogP contribution is -2.11. The second kappa shape index (κ2) is 9.25. The van der Waals surface area contributed by atoms with Crippen LogP contribution in [0.1, 0.15) is 34.1 Å². The molecular weight excluding hydrogens is 395 g/mol. The average molecular weight is 418 g/mol. The van der Waals surface area contributed by atoms with E-state index < -0.39 is 7.97 Å². The third kappa shape index (κ3) is 6.22. The summed E-state index contributed by atoms with van der Waals surface area (Å²) in [7, 11) is -1.06. The van der Waals surface area contributed by atoms with E-state index in [4.69, 9.17) is 0 Å². The summed E-state index contributed by atoms with van der Waals surface area (Å²) in [5.74, 6) is 0. The predicted octanol–water partition coefficient (Wildman–Crippen LogP) is 5.25. The first-order valence-corrected chi connectivity index (χ1v) is 10.8. The molecule has 0 saturated heterocycles. The van der Waals surface area contributed by atoms with Crippen LogP contribution in [0.15, 0.2) is 47.0 Å². The van der Waals surface area contributed by atoms with Crippen molar-refractivity contribution < 1.29 is 4.21 Å². The molecule has 1 aromatic carbocycles. The third-order valence-corrected chi connectivity index (χ3v) is 4.84. The van der Waals surface area contributed by atoms with Crippen molar-refractivity contribution in [3.63, 3.8) is 0 Å². The molecule has 0 aliphatic carbocycles. The fourth-order valence-electron chi connectivity index (χ4n) is 1.78. The van der Waals surface area contributed by atoms with Gasteiger partial charge in [0, 0.05) is 38.6 Å². The van der Waals surface area contributed by atoms with Crippen molar-refractivity contribution in [3.05, 3.63) is 42.1 Å². The molecule has 0 bridgehead atoms. The van der Waals surface area contributed by atoms with Crippen molar-refractivity contribution in [2.45, 2.75) is 45.1 Å². The largest absolute Gasteiger partial charge is 0.382 e. The number of anilines is 2. The maximum Gasteiger partial charge on any atom is 0.118 e. The van der Waals surface area contributed by atoms with Gasteiger partial charge in [0.2, 0.25) is 0 Å². The molecule has 21 heavy (non-hydrogen) atoms. The van der Waals surface area contributed by atoms with Gasteiger partial charge in [0.25, 0.3) is 0 Å². The summed E-state index contributed by atoms with van der Waals surface area (Å²) >= 11 is 1.94. The number of benzene rings is 1. The zero-order valence-electron chi connectivity index (χ0n) is 12.9. The first-order valence-electron chi connectivity index (χ1n) is 7.06. The van der Waals surface area contributed by atoms with Crippen LogP contribution in [0, 0.1) is 0 Å². The predicted molar refractivity (Wildman–Crippen MR) is 102 cm³/mol. The molecule has 116 valence electrons. The van der Waals surface area contributed by atoms with Crippen LogP contribution >= 0.6 is 21.2 Å². The summed E-state index contributed by atoms with van der Waals surface area (Å²) in [6.45, 7) is 8.24. The standard InChI is InChI=1S/C16H23IN2OS/c1-5-7-8-13(6-2)19-14-9-10-15(18-12(3)4)16(11-14)21(17)20/h6-12,18-19H,5H2,1-4H3/b8-7-,13-6+. The van der Waals surface area contributed by atoms with Crippen molar-refractivity contribution >= 4 is 40.6 Å². The normalized spacial score (nSPS) is 13.7. The van der Waals surface area contributed by atoms with Crippen LogP contribution in [0.5, 0.6) is 0 Å². The number of hydrogen-bond acceptors (Lipinski definition) is 3. The summed E-state index contributed by atoms with van der Waals surface area (Å²) in [4.78, 5) is 0.809. The second-order valence-corrected chi connectivity index (χ2v) is 8.20. The summed E-state index contributed by atoms with van der Waals surface area (Å²) in [6, 6.07) is 6.23. The summed E-state index contributed by atoms with van der Waals surface area (Å²) in [6.07, 6.45) is 7.18. The van der Waals surface area contributed by atoms with Crippen LogP contribution in [0.3, 0.4) is 0 Å². The maximum atomic E-state index is 11.9. The van der Waals surface area contributed by atoms with E-state index in [0.29, 0.717) is 6.04 Å². The number of nitrogens with one attached hydrogen (secondary N) is 2. The van der Waals surface area contributed by atoms with Gasteiger partial charge in [-0.2, -0.15) is 0 Å². The van der Waals surface area contributed by atoms with Crippen LogP contribution in [0.25, 0.3) is 0 Å². The molecule has 1 atom stereocenters. The Morgan fingerprint density at radius 2 is 2.14 bits per heavy atom. The molecule has 1 aromatic rings. The van der Waals surface area contributed by atoms with Gasteiger partial charge in [-0.25, -0.2) is 4.21 Å². The Morgan fingerprint density at radius 1 is 1.43 bits per heavy atom. The molecule has 0 fully saturated rings. The van der Waals surface area contributed by atoms with Crippen molar-refractivity contribution in [1.82, 2.24) is 0 Å². The number of halogens is 1. The first kappa shape index (κ1) is 18.2. The van der Waals surface area contributed by atoms with E-state index in [1.165, 1.54) is 0 Å². The molecule has 0 aromatic heterocycles.